The van der Waals surface area contributed by atoms with E-state index in [2.05, 4.69) is 9.71 Å². The van der Waals surface area contributed by atoms with Gasteiger partial charge in [0.05, 0.1) is 16.8 Å². The minimum Gasteiger partial charge on any atom is -0.396 e. The zero-order valence-corrected chi connectivity index (χ0v) is 11.9. The van der Waals surface area contributed by atoms with Crippen LogP contribution < -0.4 is 4.72 Å². The SMILES string of the molecule is Cc1ccc(NS(=O)(=O)c2ccc(CCO)cc2)cn1. The van der Waals surface area contributed by atoms with Gasteiger partial charge in [-0.25, -0.2) is 8.42 Å². The lowest BCUT2D eigenvalue weighted by molar-refractivity contribution is 0.299. The molecule has 0 saturated carbocycles. The van der Waals surface area contributed by atoms with E-state index >= 15 is 0 Å². The summed E-state index contributed by atoms with van der Waals surface area (Å²) in [5.41, 5.74) is 2.14. The number of benzene rings is 1. The normalized spacial score (nSPS) is 11.3. The van der Waals surface area contributed by atoms with Crippen molar-refractivity contribution in [1.82, 2.24) is 4.98 Å². The molecule has 5 nitrogen and oxygen atoms in total. The minimum atomic E-state index is -3.61. The van der Waals surface area contributed by atoms with E-state index < -0.39 is 10.0 Å². The molecule has 0 spiro atoms. The number of pyridine rings is 1. The van der Waals surface area contributed by atoms with Gasteiger partial charge in [0.1, 0.15) is 0 Å². The summed E-state index contributed by atoms with van der Waals surface area (Å²) >= 11 is 0. The predicted octanol–water partition coefficient (Wildman–Crippen LogP) is 1.73. The van der Waals surface area contributed by atoms with Gasteiger partial charge in [-0.1, -0.05) is 12.1 Å². The number of anilines is 1. The Labute approximate surface area is 118 Å². The molecule has 106 valence electrons. The Morgan fingerprint density at radius 1 is 1.15 bits per heavy atom. The first-order valence-corrected chi connectivity index (χ1v) is 7.65. The van der Waals surface area contributed by atoms with Crippen LogP contribution in [0.5, 0.6) is 0 Å². The summed E-state index contributed by atoms with van der Waals surface area (Å²) in [6.07, 6.45) is 1.99. The highest BCUT2D eigenvalue weighted by Crippen LogP contribution is 2.16. The van der Waals surface area contributed by atoms with Crippen molar-refractivity contribution in [2.45, 2.75) is 18.2 Å². The number of nitrogens with one attached hydrogen (secondary N) is 1. The molecule has 1 heterocycles. The van der Waals surface area contributed by atoms with Crippen LogP contribution in [0.2, 0.25) is 0 Å². The lowest BCUT2D eigenvalue weighted by Gasteiger charge is -2.08. The van der Waals surface area contributed by atoms with E-state index in [9.17, 15) is 8.42 Å². The largest absolute Gasteiger partial charge is 0.396 e. The van der Waals surface area contributed by atoms with Crippen molar-refractivity contribution in [2.75, 3.05) is 11.3 Å². The summed E-state index contributed by atoms with van der Waals surface area (Å²) in [7, 11) is -3.61. The second-order valence-electron chi connectivity index (χ2n) is 4.41. The van der Waals surface area contributed by atoms with Gasteiger partial charge in [-0.15, -0.1) is 0 Å². The van der Waals surface area contributed by atoms with E-state index in [1.165, 1.54) is 18.3 Å². The fourth-order valence-electron chi connectivity index (χ4n) is 1.71. The number of hydrogen-bond acceptors (Lipinski definition) is 4. The maximum atomic E-state index is 12.2. The molecule has 6 heteroatoms. The highest BCUT2D eigenvalue weighted by atomic mass is 32.2. The van der Waals surface area contributed by atoms with Gasteiger partial charge in [-0.05, 0) is 43.2 Å². The highest BCUT2D eigenvalue weighted by molar-refractivity contribution is 7.92. The van der Waals surface area contributed by atoms with Crippen LogP contribution in [0, 0.1) is 6.92 Å². The first-order valence-electron chi connectivity index (χ1n) is 6.16. The molecule has 1 aromatic carbocycles. The first-order chi connectivity index (χ1) is 9.51. The van der Waals surface area contributed by atoms with Crippen LogP contribution in [0.15, 0.2) is 47.5 Å². The summed E-state index contributed by atoms with van der Waals surface area (Å²) in [4.78, 5) is 4.22. The standard InChI is InChI=1S/C14H16N2O3S/c1-11-2-5-13(10-15-11)16-20(18,19)14-6-3-12(4-7-14)8-9-17/h2-7,10,16-17H,8-9H2,1H3. The lowest BCUT2D eigenvalue weighted by atomic mass is 10.2. The fraction of sp³-hybridized carbons (Fsp3) is 0.214. The van der Waals surface area contributed by atoms with Gasteiger partial charge >= 0.3 is 0 Å². The zero-order valence-electron chi connectivity index (χ0n) is 11.1. The Hall–Kier alpha value is -1.92. The number of rotatable bonds is 5. The molecular formula is C14H16N2O3S. The van der Waals surface area contributed by atoms with Crippen LogP contribution >= 0.6 is 0 Å². The summed E-state index contributed by atoms with van der Waals surface area (Å²) < 4.78 is 26.8. The third kappa shape index (κ3) is 3.55. The maximum Gasteiger partial charge on any atom is 0.261 e. The second-order valence-corrected chi connectivity index (χ2v) is 6.09. The average molecular weight is 292 g/mol. The molecule has 0 aliphatic heterocycles. The Kier molecular flexibility index (Phi) is 4.36. The summed E-state index contributed by atoms with van der Waals surface area (Å²) in [5, 5.41) is 8.83. The van der Waals surface area contributed by atoms with Gasteiger partial charge in [0.2, 0.25) is 0 Å². The van der Waals surface area contributed by atoms with Gasteiger partial charge in [0.15, 0.2) is 0 Å². The topological polar surface area (TPSA) is 79.3 Å². The van der Waals surface area contributed by atoms with Crippen LogP contribution in [0.3, 0.4) is 0 Å². The average Bonchev–Trinajstić information content (AvgIpc) is 2.42. The van der Waals surface area contributed by atoms with Gasteiger partial charge in [-0.3, -0.25) is 9.71 Å². The quantitative estimate of drug-likeness (QED) is 0.879. The monoisotopic (exact) mass is 292 g/mol. The van der Waals surface area contributed by atoms with Gasteiger partial charge in [0.25, 0.3) is 10.0 Å². The molecule has 2 aromatic rings. The van der Waals surface area contributed by atoms with Gasteiger partial charge in [-0.2, -0.15) is 0 Å². The molecule has 0 aliphatic carbocycles. The van der Waals surface area contributed by atoms with E-state index in [4.69, 9.17) is 5.11 Å². The summed E-state index contributed by atoms with van der Waals surface area (Å²) in [6, 6.07) is 9.84. The molecule has 0 aliphatic rings. The van der Waals surface area contributed by atoms with Crippen molar-refractivity contribution < 1.29 is 13.5 Å². The van der Waals surface area contributed by atoms with Gasteiger partial charge < -0.3 is 5.11 Å². The molecule has 0 fully saturated rings. The van der Waals surface area contributed by atoms with Crippen molar-refractivity contribution in [2.24, 2.45) is 0 Å². The fourth-order valence-corrected chi connectivity index (χ4v) is 2.75. The molecule has 2 N–H and O–H groups in total. The van der Waals surface area contributed by atoms with E-state index in [0.29, 0.717) is 12.1 Å². The Morgan fingerprint density at radius 3 is 2.40 bits per heavy atom. The first kappa shape index (κ1) is 14.5. The smallest absolute Gasteiger partial charge is 0.261 e. The summed E-state index contributed by atoms with van der Waals surface area (Å²) in [5.74, 6) is 0. The molecule has 1 aromatic heterocycles. The van der Waals surface area contributed by atoms with Crippen molar-refractivity contribution in [1.29, 1.82) is 0 Å². The van der Waals surface area contributed by atoms with Gasteiger partial charge in [0, 0.05) is 12.3 Å². The highest BCUT2D eigenvalue weighted by Gasteiger charge is 2.13. The number of aryl methyl sites for hydroxylation is 1. The van der Waals surface area contributed by atoms with Crippen molar-refractivity contribution >= 4 is 15.7 Å². The van der Waals surface area contributed by atoms with E-state index in [-0.39, 0.29) is 11.5 Å². The Morgan fingerprint density at radius 2 is 1.85 bits per heavy atom. The predicted molar refractivity (Wildman–Crippen MR) is 77.0 cm³/mol. The van der Waals surface area contributed by atoms with Crippen LogP contribution in [0.25, 0.3) is 0 Å². The van der Waals surface area contributed by atoms with Crippen LogP contribution in [0.1, 0.15) is 11.3 Å². The maximum absolute atomic E-state index is 12.2. The Bertz CT molecular complexity index is 665. The lowest BCUT2D eigenvalue weighted by Crippen LogP contribution is -2.13. The second kappa shape index (κ2) is 6.02. The Balaban J connectivity index is 2.19. The molecule has 0 bridgehead atoms. The number of aromatic nitrogens is 1. The van der Waals surface area contributed by atoms with Crippen molar-refractivity contribution in [3.63, 3.8) is 0 Å². The van der Waals surface area contributed by atoms with Crippen molar-refractivity contribution in [3.05, 3.63) is 53.9 Å². The van der Waals surface area contributed by atoms with E-state index in [1.54, 1.807) is 24.3 Å². The molecule has 0 radical (unpaired) electrons. The van der Waals surface area contributed by atoms with Crippen LogP contribution in [-0.2, 0) is 16.4 Å². The third-order valence-electron chi connectivity index (χ3n) is 2.80. The number of hydrogen-bond donors (Lipinski definition) is 2. The molecule has 0 unspecified atom stereocenters. The summed E-state index contributed by atoms with van der Waals surface area (Å²) in [6.45, 7) is 1.87. The zero-order chi connectivity index (χ0) is 14.6. The van der Waals surface area contributed by atoms with Crippen LogP contribution in [-0.4, -0.2) is 25.1 Å². The minimum absolute atomic E-state index is 0.0411. The number of aliphatic hydroxyl groups excluding tert-OH is 1. The molecular weight excluding hydrogens is 276 g/mol. The molecule has 0 saturated heterocycles. The molecule has 20 heavy (non-hydrogen) atoms. The van der Waals surface area contributed by atoms with E-state index in [0.717, 1.165) is 11.3 Å². The molecule has 0 amide bonds. The number of nitrogens with zero attached hydrogens (tertiary/aromatic N) is 1. The van der Waals surface area contributed by atoms with Crippen LogP contribution in [0.4, 0.5) is 5.69 Å². The number of aliphatic hydroxyl groups is 1. The third-order valence-corrected chi connectivity index (χ3v) is 4.19. The molecule has 2 rings (SSSR count). The number of sulfonamides is 1. The van der Waals surface area contributed by atoms with E-state index in [1.807, 2.05) is 6.92 Å². The van der Waals surface area contributed by atoms with Crippen molar-refractivity contribution in [3.8, 4) is 0 Å². The molecule has 0 atom stereocenters.